The highest BCUT2D eigenvalue weighted by Crippen LogP contribution is 1.95. The molecule has 0 aliphatic rings. The Morgan fingerprint density at radius 2 is 2.33 bits per heavy atom. The zero-order valence-electron chi connectivity index (χ0n) is 5.98. The molecule has 3 heteroatoms. The van der Waals surface area contributed by atoms with Gasteiger partial charge in [-0.05, 0) is 6.92 Å². The van der Waals surface area contributed by atoms with Gasteiger partial charge in [0.1, 0.15) is 5.76 Å². The Kier molecular flexibility index (Phi) is 5.01. The summed E-state index contributed by atoms with van der Waals surface area (Å²) in [4.78, 5) is 4.50. The van der Waals surface area contributed by atoms with E-state index in [1.54, 1.807) is 6.20 Å². The Bertz CT molecular complexity index is 85.1. The fourth-order valence-electron chi connectivity index (χ4n) is 0.435. The molecule has 0 bridgehead atoms. The second-order valence-electron chi connectivity index (χ2n) is 1.64. The van der Waals surface area contributed by atoms with Gasteiger partial charge >= 0.3 is 0 Å². The van der Waals surface area contributed by atoms with E-state index in [9.17, 15) is 0 Å². The molecule has 0 spiro atoms. The third kappa shape index (κ3) is 3.85. The molecule has 0 fully saturated rings. The molecule has 0 saturated carbocycles. The second kappa shape index (κ2) is 5.44. The molecule has 3 nitrogen and oxygen atoms in total. The van der Waals surface area contributed by atoms with Crippen LogP contribution in [0.5, 0.6) is 0 Å². The lowest BCUT2D eigenvalue weighted by Crippen LogP contribution is -2.07. The maximum atomic E-state index is 4.92. The summed E-state index contributed by atoms with van der Waals surface area (Å²) in [6.07, 6.45) is 2.60. The van der Waals surface area contributed by atoms with E-state index in [-0.39, 0.29) is 0 Å². The van der Waals surface area contributed by atoms with Crippen molar-refractivity contribution < 1.29 is 4.84 Å². The summed E-state index contributed by atoms with van der Waals surface area (Å²) in [6, 6.07) is 0. The lowest BCUT2D eigenvalue weighted by atomic mass is 10.4. The normalized spacial score (nSPS) is 11.2. The van der Waals surface area contributed by atoms with E-state index in [0.717, 1.165) is 18.7 Å². The summed E-state index contributed by atoms with van der Waals surface area (Å²) in [5.41, 5.74) is 0. The number of hydrogen-bond acceptors (Lipinski definition) is 3. The summed E-state index contributed by atoms with van der Waals surface area (Å²) in [5, 5.41) is 2.98. The SMILES string of the molecule is CCN/C=C(/CC)ON. The van der Waals surface area contributed by atoms with Gasteiger partial charge < -0.3 is 10.2 Å². The Morgan fingerprint density at radius 1 is 1.67 bits per heavy atom. The first-order chi connectivity index (χ1) is 4.35. The molecule has 0 aromatic rings. The number of nitrogens with two attached hydrogens (primary N) is 1. The highest BCUT2D eigenvalue weighted by Gasteiger charge is 1.87. The molecular weight excluding hydrogens is 116 g/mol. The van der Waals surface area contributed by atoms with E-state index in [1.807, 2.05) is 13.8 Å². The molecule has 0 radical (unpaired) electrons. The molecule has 0 unspecified atom stereocenters. The quantitative estimate of drug-likeness (QED) is 0.436. The number of nitrogens with one attached hydrogen (secondary N) is 1. The van der Waals surface area contributed by atoms with E-state index in [1.165, 1.54) is 0 Å². The molecular formula is C6H14N2O. The van der Waals surface area contributed by atoms with Crippen LogP contribution in [0.25, 0.3) is 0 Å². The number of hydrogen-bond donors (Lipinski definition) is 2. The molecule has 0 rings (SSSR count). The molecule has 0 aromatic heterocycles. The van der Waals surface area contributed by atoms with Crippen LogP contribution in [-0.2, 0) is 4.84 Å². The predicted octanol–water partition coefficient (Wildman–Crippen LogP) is 0.738. The Balaban J connectivity index is 3.48. The summed E-state index contributed by atoms with van der Waals surface area (Å²) in [7, 11) is 0. The van der Waals surface area contributed by atoms with E-state index in [0.29, 0.717) is 0 Å². The van der Waals surface area contributed by atoms with Crippen molar-refractivity contribution in [3.8, 4) is 0 Å². The molecule has 0 saturated heterocycles. The van der Waals surface area contributed by atoms with Crippen molar-refractivity contribution in [3.05, 3.63) is 12.0 Å². The van der Waals surface area contributed by atoms with Gasteiger partial charge in [-0.3, -0.25) is 0 Å². The zero-order valence-corrected chi connectivity index (χ0v) is 5.98. The average Bonchev–Trinajstić information content (AvgIpc) is 1.91. The third-order valence-corrected chi connectivity index (χ3v) is 0.967. The third-order valence-electron chi connectivity index (χ3n) is 0.967. The van der Waals surface area contributed by atoms with Crippen molar-refractivity contribution in [2.75, 3.05) is 6.54 Å². The lowest BCUT2D eigenvalue weighted by Gasteiger charge is -2.00. The summed E-state index contributed by atoms with van der Waals surface area (Å²) >= 11 is 0. The largest absolute Gasteiger partial charge is 0.414 e. The topological polar surface area (TPSA) is 47.3 Å². The summed E-state index contributed by atoms with van der Waals surface area (Å²) in [5.74, 6) is 5.69. The van der Waals surface area contributed by atoms with Gasteiger partial charge in [-0.1, -0.05) is 6.92 Å². The van der Waals surface area contributed by atoms with Crippen molar-refractivity contribution in [1.82, 2.24) is 5.32 Å². The van der Waals surface area contributed by atoms with Crippen LogP contribution in [-0.4, -0.2) is 6.54 Å². The van der Waals surface area contributed by atoms with Gasteiger partial charge in [-0.25, -0.2) is 0 Å². The van der Waals surface area contributed by atoms with Crippen LogP contribution in [0.1, 0.15) is 20.3 Å². The second-order valence-corrected chi connectivity index (χ2v) is 1.64. The van der Waals surface area contributed by atoms with Gasteiger partial charge in [-0.2, -0.15) is 5.90 Å². The van der Waals surface area contributed by atoms with Gasteiger partial charge in [0.05, 0.1) is 0 Å². The molecule has 0 heterocycles. The molecule has 3 N–H and O–H groups in total. The van der Waals surface area contributed by atoms with Gasteiger partial charge in [0.25, 0.3) is 0 Å². The standard InChI is InChI=1S/C6H14N2O/c1-3-6(9-7)5-8-4-2/h5,8H,3-4,7H2,1-2H3/b6-5-. The zero-order chi connectivity index (χ0) is 7.11. The van der Waals surface area contributed by atoms with Crippen molar-refractivity contribution in [3.63, 3.8) is 0 Å². The van der Waals surface area contributed by atoms with E-state index >= 15 is 0 Å². The van der Waals surface area contributed by atoms with Crippen LogP contribution in [0.15, 0.2) is 12.0 Å². The Morgan fingerprint density at radius 3 is 2.67 bits per heavy atom. The molecule has 0 aliphatic heterocycles. The lowest BCUT2D eigenvalue weighted by molar-refractivity contribution is 0.210. The summed E-state index contributed by atoms with van der Waals surface area (Å²) < 4.78 is 0. The van der Waals surface area contributed by atoms with Gasteiger partial charge in [0.15, 0.2) is 0 Å². The smallest absolute Gasteiger partial charge is 0.139 e. The highest BCUT2D eigenvalue weighted by atomic mass is 16.6. The molecule has 0 aromatic carbocycles. The molecule has 0 atom stereocenters. The molecule has 0 amide bonds. The molecule has 9 heavy (non-hydrogen) atoms. The van der Waals surface area contributed by atoms with Crippen molar-refractivity contribution >= 4 is 0 Å². The van der Waals surface area contributed by atoms with Crippen LogP contribution in [0, 0.1) is 0 Å². The minimum Gasteiger partial charge on any atom is -0.414 e. The van der Waals surface area contributed by atoms with Crippen molar-refractivity contribution in [1.29, 1.82) is 0 Å². The first kappa shape index (κ1) is 8.30. The predicted molar refractivity (Wildman–Crippen MR) is 37.3 cm³/mol. The Labute approximate surface area is 55.8 Å². The summed E-state index contributed by atoms with van der Waals surface area (Å²) in [6.45, 7) is 4.89. The minimum absolute atomic E-state index is 0.775. The van der Waals surface area contributed by atoms with Crippen molar-refractivity contribution in [2.45, 2.75) is 20.3 Å². The number of allylic oxidation sites excluding steroid dienone is 1. The van der Waals surface area contributed by atoms with Crippen LogP contribution >= 0.6 is 0 Å². The average molecular weight is 130 g/mol. The molecule has 54 valence electrons. The van der Waals surface area contributed by atoms with Crippen LogP contribution < -0.4 is 11.2 Å². The Hall–Kier alpha value is -0.700. The van der Waals surface area contributed by atoms with Crippen LogP contribution in [0.4, 0.5) is 0 Å². The van der Waals surface area contributed by atoms with Crippen molar-refractivity contribution in [2.24, 2.45) is 5.90 Å². The van der Waals surface area contributed by atoms with Gasteiger partial charge in [-0.15, -0.1) is 0 Å². The number of rotatable bonds is 4. The fourth-order valence-corrected chi connectivity index (χ4v) is 0.435. The fraction of sp³-hybridized carbons (Fsp3) is 0.667. The van der Waals surface area contributed by atoms with E-state index in [2.05, 4.69) is 10.2 Å². The van der Waals surface area contributed by atoms with E-state index in [4.69, 9.17) is 5.90 Å². The highest BCUT2D eigenvalue weighted by molar-refractivity contribution is 4.88. The van der Waals surface area contributed by atoms with Gasteiger partial charge in [0, 0.05) is 19.2 Å². The molecule has 0 aliphatic carbocycles. The monoisotopic (exact) mass is 130 g/mol. The maximum absolute atomic E-state index is 4.92. The maximum Gasteiger partial charge on any atom is 0.139 e. The van der Waals surface area contributed by atoms with Gasteiger partial charge in [0.2, 0.25) is 0 Å². The minimum atomic E-state index is 0.775. The van der Waals surface area contributed by atoms with E-state index < -0.39 is 0 Å². The van der Waals surface area contributed by atoms with Crippen LogP contribution in [0.2, 0.25) is 0 Å². The van der Waals surface area contributed by atoms with Crippen LogP contribution in [0.3, 0.4) is 0 Å². The first-order valence-corrected chi connectivity index (χ1v) is 3.14. The first-order valence-electron chi connectivity index (χ1n) is 3.14.